The summed E-state index contributed by atoms with van der Waals surface area (Å²) in [6.07, 6.45) is 4.50. The van der Waals surface area contributed by atoms with Gasteiger partial charge in [-0.1, -0.05) is 12.1 Å². The number of allylic oxidation sites excluding steroid dienone is 1. The van der Waals surface area contributed by atoms with Crippen molar-refractivity contribution in [2.75, 3.05) is 7.11 Å². The molecule has 0 aromatic carbocycles. The van der Waals surface area contributed by atoms with Crippen LogP contribution in [-0.4, -0.2) is 25.1 Å². The molecule has 1 aromatic heterocycles. The molecule has 0 unspecified atom stereocenters. The monoisotopic (exact) mass is 231 g/mol. The highest BCUT2D eigenvalue weighted by Gasteiger charge is 1.94. The van der Waals surface area contributed by atoms with Gasteiger partial charge in [-0.3, -0.25) is 13.7 Å². The normalized spacial score (nSPS) is 10.0. The predicted octanol–water partition coefficient (Wildman–Crippen LogP) is 1.25. The molecule has 15 heavy (non-hydrogen) atoms. The Kier molecular flexibility index (Phi) is 6.52. The molecule has 0 atom stereocenters. The third kappa shape index (κ3) is 9.07. The van der Waals surface area contributed by atoms with Gasteiger partial charge in [-0.05, 0) is 12.1 Å². The fourth-order valence-corrected chi connectivity index (χ4v) is 0.667. The van der Waals surface area contributed by atoms with E-state index in [-0.39, 0.29) is 0 Å². The zero-order chi connectivity index (χ0) is 11.7. The summed E-state index contributed by atoms with van der Waals surface area (Å²) in [7, 11) is -3.29. The lowest BCUT2D eigenvalue weighted by atomic mass is 10.3. The second-order valence-corrected chi connectivity index (χ2v) is 3.60. The molecule has 5 nitrogen and oxygen atoms in total. The van der Waals surface area contributed by atoms with Crippen LogP contribution in [0.3, 0.4) is 0 Å². The molecule has 0 spiro atoms. The lowest BCUT2D eigenvalue weighted by Gasteiger charge is -1.90. The van der Waals surface area contributed by atoms with Gasteiger partial charge in [-0.15, -0.1) is 6.58 Å². The Morgan fingerprint density at radius 3 is 2.53 bits per heavy atom. The predicted molar refractivity (Wildman–Crippen MR) is 56.7 cm³/mol. The molecule has 0 aliphatic rings. The van der Waals surface area contributed by atoms with Crippen LogP contribution >= 0.6 is 0 Å². The fourth-order valence-electron chi connectivity index (χ4n) is 0.667. The largest absolute Gasteiger partial charge is 0.397 e. The molecule has 1 rings (SSSR count). The number of nitrogens with zero attached hydrogens (tertiary/aromatic N) is 1. The van der Waals surface area contributed by atoms with E-state index in [2.05, 4.69) is 15.7 Å². The summed E-state index contributed by atoms with van der Waals surface area (Å²) in [6.45, 7) is 3.62. The maximum atomic E-state index is 9.33. The van der Waals surface area contributed by atoms with Gasteiger partial charge >= 0.3 is 10.4 Å². The van der Waals surface area contributed by atoms with Gasteiger partial charge in [0.25, 0.3) is 0 Å². The maximum absolute atomic E-state index is 9.33. The van der Waals surface area contributed by atoms with Crippen molar-refractivity contribution >= 4 is 10.4 Å². The number of hydrogen-bond donors (Lipinski definition) is 1. The van der Waals surface area contributed by atoms with Gasteiger partial charge in [0.2, 0.25) is 0 Å². The van der Waals surface area contributed by atoms with Crippen LogP contribution in [0.2, 0.25) is 0 Å². The van der Waals surface area contributed by atoms with Gasteiger partial charge in [0, 0.05) is 18.3 Å². The van der Waals surface area contributed by atoms with Crippen LogP contribution in [0.1, 0.15) is 5.69 Å². The van der Waals surface area contributed by atoms with Crippen LogP contribution in [0.5, 0.6) is 0 Å². The van der Waals surface area contributed by atoms with Gasteiger partial charge in [0.1, 0.15) is 0 Å². The van der Waals surface area contributed by atoms with Crippen LogP contribution in [0.25, 0.3) is 0 Å². The molecule has 0 bridgehead atoms. The van der Waals surface area contributed by atoms with Crippen molar-refractivity contribution in [3.63, 3.8) is 0 Å². The van der Waals surface area contributed by atoms with E-state index < -0.39 is 10.4 Å². The van der Waals surface area contributed by atoms with Gasteiger partial charge in [-0.25, -0.2) is 0 Å². The molecule has 0 amide bonds. The van der Waals surface area contributed by atoms with Crippen molar-refractivity contribution < 1.29 is 17.2 Å². The number of aromatic nitrogens is 1. The summed E-state index contributed by atoms with van der Waals surface area (Å²) in [4.78, 5) is 4.10. The van der Waals surface area contributed by atoms with Crippen molar-refractivity contribution in [2.24, 2.45) is 0 Å². The molecule has 0 fully saturated rings. The van der Waals surface area contributed by atoms with Crippen LogP contribution in [-0.2, 0) is 21.0 Å². The minimum atomic E-state index is -4.16. The van der Waals surface area contributed by atoms with Crippen molar-refractivity contribution in [2.45, 2.75) is 6.42 Å². The number of hydrogen-bond acceptors (Lipinski definition) is 4. The first kappa shape index (κ1) is 13.8. The SMILES string of the molecule is C=CCc1ccccn1.COS(=O)(=O)O. The summed E-state index contributed by atoms with van der Waals surface area (Å²) in [5.41, 5.74) is 1.08. The summed E-state index contributed by atoms with van der Waals surface area (Å²) in [6, 6.07) is 5.88. The molecule has 1 heterocycles. The van der Waals surface area contributed by atoms with Crippen LogP contribution in [0.4, 0.5) is 0 Å². The highest BCUT2D eigenvalue weighted by molar-refractivity contribution is 7.80. The van der Waals surface area contributed by atoms with Crippen molar-refractivity contribution in [3.8, 4) is 0 Å². The molecule has 0 aliphatic heterocycles. The molecule has 1 aromatic rings. The van der Waals surface area contributed by atoms with Gasteiger partial charge in [0.05, 0.1) is 7.11 Å². The van der Waals surface area contributed by atoms with Crippen LogP contribution in [0, 0.1) is 0 Å². The minimum Gasteiger partial charge on any atom is -0.264 e. The average molecular weight is 231 g/mol. The zero-order valence-corrected chi connectivity index (χ0v) is 9.14. The first-order chi connectivity index (χ1) is 6.99. The number of rotatable bonds is 3. The molecule has 0 aliphatic carbocycles. The van der Waals surface area contributed by atoms with E-state index in [4.69, 9.17) is 4.55 Å². The Labute approximate surface area is 89.4 Å². The van der Waals surface area contributed by atoms with E-state index >= 15 is 0 Å². The van der Waals surface area contributed by atoms with Crippen molar-refractivity contribution in [3.05, 3.63) is 42.7 Å². The van der Waals surface area contributed by atoms with Gasteiger partial charge in [0.15, 0.2) is 0 Å². The zero-order valence-electron chi connectivity index (χ0n) is 8.33. The quantitative estimate of drug-likeness (QED) is 0.625. The second kappa shape index (κ2) is 7.10. The molecule has 1 N–H and O–H groups in total. The van der Waals surface area contributed by atoms with Gasteiger partial charge < -0.3 is 0 Å². The lowest BCUT2D eigenvalue weighted by molar-refractivity contribution is 0.324. The molecular weight excluding hydrogens is 218 g/mol. The highest BCUT2D eigenvalue weighted by atomic mass is 32.3. The summed E-state index contributed by atoms with van der Waals surface area (Å²) < 4.78 is 29.7. The molecule has 6 heteroatoms. The van der Waals surface area contributed by atoms with Crippen LogP contribution in [0.15, 0.2) is 37.1 Å². The van der Waals surface area contributed by atoms with Crippen molar-refractivity contribution in [1.29, 1.82) is 0 Å². The Morgan fingerprint density at radius 1 is 1.60 bits per heavy atom. The van der Waals surface area contributed by atoms with E-state index in [9.17, 15) is 8.42 Å². The van der Waals surface area contributed by atoms with Crippen molar-refractivity contribution in [1.82, 2.24) is 4.98 Å². The maximum Gasteiger partial charge on any atom is 0.397 e. The summed E-state index contributed by atoms with van der Waals surface area (Å²) in [5, 5.41) is 0. The third-order valence-corrected chi connectivity index (χ3v) is 1.71. The molecule has 84 valence electrons. The molecule has 0 radical (unpaired) electrons. The van der Waals surface area contributed by atoms with E-state index in [0.717, 1.165) is 19.2 Å². The van der Waals surface area contributed by atoms with E-state index in [1.165, 1.54) is 0 Å². The van der Waals surface area contributed by atoms with E-state index in [1.807, 2.05) is 24.3 Å². The van der Waals surface area contributed by atoms with E-state index in [1.54, 1.807) is 6.20 Å². The summed E-state index contributed by atoms with van der Waals surface area (Å²) in [5.74, 6) is 0. The van der Waals surface area contributed by atoms with Gasteiger partial charge in [-0.2, -0.15) is 8.42 Å². The highest BCUT2D eigenvalue weighted by Crippen LogP contribution is 1.93. The molecule has 0 saturated heterocycles. The first-order valence-electron chi connectivity index (χ1n) is 4.03. The Hall–Kier alpha value is -1.24. The smallest absolute Gasteiger partial charge is 0.264 e. The fraction of sp³-hybridized carbons (Fsp3) is 0.222. The topological polar surface area (TPSA) is 76.5 Å². The molecular formula is C9H13NO4S. The Morgan fingerprint density at radius 2 is 2.20 bits per heavy atom. The Bertz CT molecular complexity index is 374. The average Bonchev–Trinajstić information content (AvgIpc) is 2.20. The van der Waals surface area contributed by atoms with Crippen LogP contribution < -0.4 is 0 Å². The second-order valence-electron chi connectivity index (χ2n) is 2.41. The minimum absolute atomic E-state index is 0.862. The molecule has 0 saturated carbocycles. The Balaban J connectivity index is 0.000000288. The number of pyridine rings is 1. The first-order valence-corrected chi connectivity index (χ1v) is 5.40. The van der Waals surface area contributed by atoms with E-state index in [0.29, 0.717) is 0 Å². The lowest BCUT2D eigenvalue weighted by Crippen LogP contribution is -1.96. The summed E-state index contributed by atoms with van der Waals surface area (Å²) >= 11 is 0. The third-order valence-electron chi connectivity index (χ3n) is 1.29. The standard InChI is InChI=1S/C8H9N.CH4O4S/c1-2-5-8-6-3-4-7-9-8;1-5-6(2,3)4/h2-4,6-7H,1,5H2;1H3,(H,2,3,4).